The monoisotopic (exact) mass is 162 g/mol. The van der Waals surface area contributed by atoms with Gasteiger partial charge in [-0.2, -0.15) is 0 Å². The van der Waals surface area contributed by atoms with E-state index in [-0.39, 0.29) is 0 Å². The van der Waals surface area contributed by atoms with Crippen LogP contribution in [0.4, 0.5) is 0 Å². The van der Waals surface area contributed by atoms with Gasteiger partial charge in [-0.1, -0.05) is 5.16 Å². The Labute approximate surface area is 70.7 Å². The average molecular weight is 162 g/mol. The lowest BCUT2D eigenvalue weighted by Gasteiger charge is -1.99. The summed E-state index contributed by atoms with van der Waals surface area (Å²) in [5, 5.41) is 12.0. The van der Waals surface area contributed by atoms with Crippen molar-refractivity contribution < 1.29 is 5.21 Å². The van der Waals surface area contributed by atoms with Gasteiger partial charge in [0.1, 0.15) is 0 Å². The third kappa shape index (κ3) is 1.30. The van der Waals surface area contributed by atoms with Crippen LogP contribution in [0.15, 0.2) is 29.7 Å². The van der Waals surface area contributed by atoms with Crippen LogP contribution in [0.2, 0.25) is 0 Å². The van der Waals surface area contributed by atoms with Gasteiger partial charge in [0.15, 0.2) is 0 Å². The van der Waals surface area contributed by atoms with E-state index in [0.29, 0.717) is 5.92 Å². The summed E-state index contributed by atoms with van der Waals surface area (Å²) in [6.07, 6.45) is 5.71. The first-order chi connectivity index (χ1) is 5.92. The van der Waals surface area contributed by atoms with E-state index in [4.69, 9.17) is 5.21 Å². The summed E-state index contributed by atoms with van der Waals surface area (Å²) in [5.41, 5.74) is 1.71. The molecule has 1 N–H and O–H groups in total. The van der Waals surface area contributed by atoms with Crippen LogP contribution in [0.25, 0.3) is 0 Å². The normalized spacial score (nSPS) is 17.8. The highest BCUT2D eigenvalue weighted by Gasteiger charge is 2.29. The first-order valence-corrected chi connectivity index (χ1v) is 4.04. The first-order valence-electron chi connectivity index (χ1n) is 4.04. The van der Waals surface area contributed by atoms with E-state index in [0.717, 1.165) is 24.1 Å². The molecule has 0 unspecified atom stereocenters. The highest BCUT2D eigenvalue weighted by Crippen LogP contribution is 2.32. The van der Waals surface area contributed by atoms with Crippen LogP contribution in [-0.4, -0.2) is 15.9 Å². The lowest BCUT2D eigenvalue weighted by molar-refractivity contribution is 0.317. The maximum atomic E-state index is 8.75. The fraction of sp³-hybridized carbons (Fsp3) is 0.333. The number of rotatable bonds is 2. The van der Waals surface area contributed by atoms with Crippen LogP contribution in [0, 0.1) is 5.92 Å². The number of oxime groups is 1. The lowest BCUT2D eigenvalue weighted by Crippen LogP contribution is -2.03. The van der Waals surface area contributed by atoms with Crippen molar-refractivity contribution in [2.45, 2.75) is 12.8 Å². The largest absolute Gasteiger partial charge is 0.411 e. The molecule has 1 fully saturated rings. The third-order valence-corrected chi connectivity index (χ3v) is 2.03. The molecule has 1 aromatic rings. The number of aromatic nitrogens is 1. The molecule has 0 saturated heterocycles. The molecule has 1 aliphatic carbocycles. The van der Waals surface area contributed by atoms with Gasteiger partial charge in [-0.15, -0.1) is 0 Å². The van der Waals surface area contributed by atoms with Crippen LogP contribution in [0.1, 0.15) is 18.4 Å². The van der Waals surface area contributed by atoms with E-state index >= 15 is 0 Å². The molecule has 12 heavy (non-hydrogen) atoms. The number of hydrogen-bond acceptors (Lipinski definition) is 3. The van der Waals surface area contributed by atoms with Crippen LogP contribution in [0.5, 0.6) is 0 Å². The maximum absolute atomic E-state index is 8.75. The molecule has 0 amide bonds. The Hall–Kier alpha value is -1.38. The summed E-state index contributed by atoms with van der Waals surface area (Å²) in [4.78, 5) is 3.97. The Bertz CT molecular complexity index is 291. The zero-order valence-electron chi connectivity index (χ0n) is 6.64. The molecule has 2 rings (SSSR count). The van der Waals surface area contributed by atoms with Crippen molar-refractivity contribution in [2.75, 3.05) is 0 Å². The van der Waals surface area contributed by atoms with Crippen LogP contribution in [0.3, 0.4) is 0 Å². The van der Waals surface area contributed by atoms with E-state index in [1.165, 1.54) is 0 Å². The molecule has 1 heterocycles. The fourth-order valence-electron chi connectivity index (χ4n) is 1.25. The van der Waals surface area contributed by atoms with Crippen molar-refractivity contribution >= 4 is 5.71 Å². The molecule has 0 aromatic carbocycles. The van der Waals surface area contributed by atoms with E-state index < -0.39 is 0 Å². The van der Waals surface area contributed by atoms with Gasteiger partial charge in [-0.3, -0.25) is 4.98 Å². The molecule has 3 nitrogen and oxygen atoms in total. The quantitative estimate of drug-likeness (QED) is 0.408. The van der Waals surface area contributed by atoms with Gasteiger partial charge < -0.3 is 5.21 Å². The zero-order valence-corrected chi connectivity index (χ0v) is 6.64. The summed E-state index contributed by atoms with van der Waals surface area (Å²) in [7, 11) is 0. The summed E-state index contributed by atoms with van der Waals surface area (Å²) >= 11 is 0. The van der Waals surface area contributed by atoms with Crippen LogP contribution in [-0.2, 0) is 0 Å². The predicted octanol–water partition coefficient (Wildman–Crippen LogP) is 1.67. The second kappa shape index (κ2) is 2.93. The fourth-order valence-corrected chi connectivity index (χ4v) is 1.25. The van der Waals surface area contributed by atoms with E-state index in [9.17, 15) is 0 Å². The first kappa shape index (κ1) is 7.28. The summed E-state index contributed by atoms with van der Waals surface area (Å²) in [6, 6.07) is 3.77. The second-order valence-electron chi connectivity index (χ2n) is 3.00. The van der Waals surface area contributed by atoms with Crippen molar-refractivity contribution in [1.82, 2.24) is 4.98 Å². The highest BCUT2D eigenvalue weighted by molar-refractivity contribution is 6.02. The molecule has 3 heteroatoms. The Morgan fingerprint density at radius 3 is 2.92 bits per heavy atom. The van der Waals surface area contributed by atoms with Gasteiger partial charge in [0.25, 0.3) is 0 Å². The summed E-state index contributed by atoms with van der Waals surface area (Å²) < 4.78 is 0. The molecule has 1 saturated carbocycles. The topological polar surface area (TPSA) is 45.5 Å². The summed E-state index contributed by atoms with van der Waals surface area (Å²) in [5.74, 6) is 0.458. The number of hydrogen-bond donors (Lipinski definition) is 1. The molecule has 0 spiro atoms. The SMILES string of the molecule is O/N=C(\c1cccnc1)C1CC1. The van der Waals surface area contributed by atoms with E-state index in [1.54, 1.807) is 12.4 Å². The minimum Gasteiger partial charge on any atom is -0.411 e. The molecule has 0 radical (unpaired) electrons. The van der Waals surface area contributed by atoms with Crippen molar-refractivity contribution in [1.29, 1.82) is 0 Å². The maximum Gasteiger partial charge on any atom is 0.0914 e. The average Bonchev–Trinajstić information content (AvgIpc) is 2.92. The van der Waals surface area contributed by atoms with Gasteiger partial charge >= 0.3 is 0 Å². The van der Waals surface area contributed by atoms with Crippen molar-refractivity contribution in [2.24, 2.45) is 11.1 Å². The number of pyridine rings is 1. The minimum atomic E-state index is 0.458. The third-order valence-electron chi connectivity index (χ3n) is 2.03. The second-order valence-corrected chi connectivity index (χ2v) is 3.00. The van der Waals surface area contributed by atoms with Crippen molar-refractivity contribution in [3.05, 3.63) is 30.1 Å². The highest BCUT2D eigenvalue weighted by atomic mass is 16.4. The predicted molar refractivity (Wildman–Crippen MR) is 45.3 cm³/mol. The van der Waals surface area contributed by atoms with Gasteiger partial charge in [0, 0.05) is 23.9 Å². The molecule has 1 aliphatic rings. The Balaban J connectivity index is 2.28. The van der Waals surface area contributed by atoms with E-state index in [2.05, 4.69) is 10.1 Å². The van der Waals surface area contributed by atoms with Crippen LogP contribution < -0.4 is 0 Å². The molecule has 62 valence electrons. The van der Waals surface area contributed by atoms with E-state index in [1.807, 2.05) is 12.1 Å². The Kier molecular flexibility index (Phi) is 1.78. The van der Waals surface area contributed by atoms with Gasteiger partial charge in [0.05, 0.1) is 5.71 Å². The molecule has 0 atom stereocenters. The molecule has 0 aliphatic heterocycles. The number of nitrogens with zero attached hydrogens (tertiary/aromatic N) is 2. The standard InChI is InChI=1S/C9H10N2O/c12-11-9(7-3-4-7)8-2-1-5-10-6-8/h1-2,5-7,12H,3-4H2/b11-9-. The van der Waals surface area contributed by atoms with Crippen molar-refractivity contribution in [3.8, 4) is 0 Å². The van der Waals surface area contributed by atoms with Crippen molar-refractivity contribution in [3.63, 3.8) is 0 Å². The lowest BCUT2D eigenvalue weighted by atomic mass is 10.1. The van der Waals surface area contributed by atoms with Crippen LogP contribution >= 0.6 is 0 Å². The zero-order chi connectivity index (χ0) is 8.39. The van der Waals surface area contributed by atoms with Gasteiger partial charge in [-0.05, 0) is 25.0 Å². The minimum absolute atomic E-state index is 0.458. The molecular weight excluding hydrogens is 152 g/mol. The molecule has 0 bridgehead atoms. The van der Waals surface area contributed by atoms with Gasteiger partial charge in [0.2, 0.25) is 0 Å². The smallest absolute Gasteiger partial charge is 0.0914 e. The summed E-state index contributed by atoms with van der Waals surface area (Å²) in [6.45, 7) is 0. The Morgan fingerprint density at radius 1 is 1.58 bits per heavy atom. The molecular formula is C9H10N2O. The van der Waals surface area contributed by atoms with Gasteiger partial charge in [-0.25, -0.2) is 0 Å². The Morgan fingerprint density at radius 2 is 2.42 bits per heavy atom. The molecule has 1 aromatic heterocycles.